The molecule has 7 heteroatoms. The number of rotatable bonds is 7. The molecule has 2 aromatic rings. The van der Waals surface area contributed by atoms with Gasteiger partial charge in [0.25, 0.3) is 0 Å². The number of carbonyl (C=O) groups is 1. The first-order chi connectivity index (χ1) is 12.2. The van der Waals surface area contributed by atoms with Gasteiger partial charge < -0.3 is 4.90 Å². The molecule has 2 aromatic carbocycles. The van der Waals surface area contributed by atoms with E-state index in [4.69, 9.17) is 11.6 Å². The van der Waals surface area contributed by atoms with E-state index in [1.54, 1.807) is 30.1 Å². The first kappa shape index (κ1) is 20.3. The highest BCUT2D eigenvalue weighted by Gasteiger charge is 2.20. The third kappa shape index (κ3) is 5.47. The molecule has 0 heterocycles. The number of halogens is 1. The predicted molar refractivity (Wildman–Crippen MR) is 106 cm³/mol. The highest BCUT2D eigenvalue weighted by molar-refractivity contribution is 7.92. The Balaban J connectivity index is 2.07. The van der Waals surface area contributed by atoms with Crippen LogP contribution in [0.25, 0.3) is 0 Å². The number of sulfonamides is 1. The van der Waals surface area contributed by atoms with Crippen LogP contribution in [0.1, 0.15) is 17.5 Å². The molecule has 0 atom stereocenters. The summed E-state index contributed by atoms with van der Waals surface area (Å²) in [5, 5.41) is 0.490. The molecule has 0 N–H and O–H groups in total. The minimum absolute atomic E-state index is 0.0657. The molecule has 1 amide bonds. The molecular formula is C19H23ClN2O3S. The summed E-state index contributed by atoms with van der Waals surface area (Å²) in [4.78, 5) is 14.0. The zero-order valence-electron chi connectivity index (χ0n) is 15.1. The molecule has 0 aliphatic rings. The Kier molecular flexibility index (Phi) is 6.67. The van der Waals surface area contributed by atoms with Gasteiger partial charge in [0.1, 0.15) is 0 Å². The smallest absolute Gasteiger partial charge is 0.232 e. The molecule has 140 valence electrons. The fourth-order valence-electron chi connectivity index (χ4n) is 2.56. The molecule has 0 unspecified atom stereocenters. The molecule has 0 spiro atoms. The van der Waals surface area contributed by atoms with E-state index in [-0.39, 0.29) is 18.9 Å². The minimum atomic E-state index is -3.52. The number of carbonyl (C=O) groups excluding carboxylic acids is 1. The summed E-state index contributed by atoms with van der Waals surface area (Å²) in [5.41, 5.74) is 2.35. The SMILES string of the molecule is Cc1ccc(N(CCC(=O)N(C)Cc2ccccc2)S(C)(=O)=O)cc1Cl. The summed E-state index contributed by atoms with van der Waals surface area (Å²) in [5.74, 6) is -0.124. The molecule has 0 bridgehead atoms. The Morgan fingerprint density at radius 3 is 2.35 bits per heavy atom. The van der Waals surface area contributed by atoms with E-state index in [0.717, 1.165) is 17.4 Å². The monoisotopic (exact) mass is 394 g/mol. The van der Waals surface area contributed by atoms with Crippen molar-refractivity contribution in [1.82, 2.24) is 4.90 Å². The summed E-state index contributed by atoms with van der Waals surface area (Å²) in [6.07, 6.45) is 1.21. The van der Waals surface area contributed by atoms with Gasteiger partial charge >= 0.3 is 0 Å². The predicted octanol–water partition coefficient (Wildman–Crippen LogP) is 3.46. The number of hydrogen-bond donors (Lipinski definition) is 0. The van der Waals surface area contributed by atoms with Crippen LogP contribution < -0.4 is 4.31 Å². The van der Waals surface area contributed by atoms with Crippen molar-refractivity contribution >= 4 is 33.2 Å². The van der Waals surface area contributed by atoms with Crippen molar-refractivity contribution in [1.29, 1.82) is 0 Å². The van der Waals surface area contributed by atoms with E-state index in [2.05, 4.69) is 0 Å². The first-order valence-electron chi connectivity index (χ1n) is 8.20. The molecular weight excluding hydrogens is 372 g/mol. The number of nitrogens with zero attached hydrogens (tertiary/aromatic N) is 2. The van der Waals surface area contributed by atoms with E-state index in [0.29, 0.717) is 17.3 Å². The molecule has 0 aliphatic heterocycles. The van der Waals surface area contributed by atoms with Crippen molar-refractivity contribution in [3.63, 3.8) is 0 Å². The van der Waals surface area contributed by atoms with Gasteiger partial charge in [-0.15, -0.1) is 0 Å². The number of anilines is 1. The number of benzene rings is 2. The van der Waals surface area contributed by atoms with Crippen molar-refractivity contribution in [2.45, 2.75) is 19.9 Å². The molecule has 0 aliphatic carbocycles. The summed E-state index contributed by atoms with van der Waals surface area (Å²) in [6, 6.07) is 14.7. The lowest BCUT2D eigenvalue weighted by Gasteiger charge is -2.24. The Labute approximate surface area is 160 Å². The lowest BCUT2D eigenvalue weighted by Crippen LogP contribution is -2.35. The van der Waals surface area contributed by atoms with Gasteiger partial charge in [0.15, 0.2) is 0 Å². The zero-order chi connectivity index (χ0) is 19.3. The van der Waals surface area contributed by atoms with Crippen LogP contribution in [0.4, 0.5) is 5.69 Å². The molecule has 2 rings (SSSR count). The standard InChI is InChI=1S/C19H23ClN2O3S/c1-15-9-10-17(13-18(15)20)22(26(3,24)25)12-11-19(23)21(2)14-16-7-5-4-6-8-16/h4-10,13H,11-12,14H2,1-3H3. The molecule has 5 nitrogen and oxygen atoms in total. The van der Waals surface area contributed by atoms with Gasteiger partial charge in [-0.25, -0.2) is 8.42 Å². The van der Waals surface area contributed by atoms with Crippen LogP contribution in [0.3, 0.4) is 0 Å². The first-order valence-corrected chi connectivity index (χ1v) is 10.4. The maximum atomic E-state index is 12.4. The zero-order valence-corrected chi connectivity index (χ0v) is 16.7. The number of hydrogen-bond acceptors (Lipinski definition) is 3. The average Bonchev–Trinajstić information content (AvgIpc) is 2.57. The normalized spacial score (nSPS) is 11.2. The Morgan fingerprint density at radius 1 is 1.12 bits per heavy atom. The van der Waals surface area contributed by atoms with Crippen LogP contribution in [0.15, 0.2) is 48.5 Å². The van der Waals surface area contributed by atoms with E-state index < -0.39 is 10.0 Å². The maximum Gasteiger partial charge on any atom is 0.232 e. The van der Waals surface area contributed by atoms with Crippen LogP contribution >= 0.6 is 11.6 Å². The van der Waals surface area contributed by atoms with Crippen molar-refractivity contribution in [3.05, 3.63) is 64.7 Å². The largest absolute Gasteiger partial charge is 0.341 e. The molecule has 0 aromatic heterocycles. The highest BCUT2D eigenvalue weighted by atomic mass is 35.5. The Hall–Kier alpha value is -2.05. The van der Waals surface area contributed by atoms with Crippen LogP contribution in [-0.2, 0) is 21.4 Å². The van der Waals surface area contributed by atoms with Gasteiger partial charge in [0.2, 0.25) is 15.9 Å². The second kappa shape index (κ2) is 8.56. The third-order valence-electron chi connectivity index (χ3n) is 4.06. The molecule has 0 saturated heterocycles. The Bertz CT molecular complexity index is 870. The second-order valence-electron chi connectivity index (χ2n) is 6.25. The molecule has 0 radical (unpaired) electrons. The lowest BCUT2D eigenvalue weighted by atomic mass is 10.2. The topological polar surface area (TPSA) is 57.7 Å². The van der Waals surface area contributed by atoms with Crippen LogP contribution in [0.5, 0.6) is 0 Å². The summed E-state index contributed by atoms with van der Waals surface area (Å²) in [6.45, 7) is 2.39. The fraction of sp³-hybridized carbons (Fsp3) is 0.316. The van der Waals surface area contributed by atoms with Crippen LogP contribution in [-0.4, -0.2) is 39.1 Å². The lowest BCUT2D eigenvalue weighted by molar-refractivity contribution is -0.130. The number of aryl methyl sites for hydroxylation is 1. The fourth-order valence-corrected chi connectivity index (χ4v) is 3.65. The summed E-state index contributed by atoms with van der Waals surface area (Å²) >= 11 is 6.11. The Morgan fingerprint density at radius 2 is 1.77 bits per heavy atom. The average molecular weight is 395 g/mol. The second-order valence-corrected chi connectivity index (χ2v) is 8.57. The van der Waals surface area contributed by atoms with Crippen LogP contribution in [0.2, 0.25) is 5.02 Å². The quantitative estimate of drug-likeness (QED) is 0.722. The highest BCUT2D eigenvalue weighted by Crippen LogP contribution is 2.25. The maximum absolute atomic E-state index is 12.4. The van der Waals surface area contributed by atoms with Gasteiger partial charge in [-0.3, -0.25) is 9.10 Å². The van der Waals surface area contributed by atoms with Gasteiger partial charge in [0, 0.05) is 31.6 Å². The summed E-state index contributed by atoms with van der Waals surface area (Å²) in [7, 11) is -1.81. The molecule has 26 heavy (non-hydrogen) atoms. The molecule has 0 fully saturated rings. The van der Waals surface area contributed by atoms with Gasteiger partial charge in [-0.2, -0.15) is 0 Å². The van der Waals surface area contributed by atoms with Gasteiger partial charge in [0.05, 0.1) is 11.9 Å². The van der Waals surface area contributed by atoms with E-state index >= 15 is 0 Å². The summed E-state index contributed by atoms with van der Waals surface area (Å²) < 4.78 is 25.5. The van der Waals surface area contributed by atoms with Crippen molar-refractivity contribution in [2.24, 2.45) is 0 Å². The molecule has 0 saturated carbocycles. The van der Waals surface area contributed by atoms with Gasteiger partial charge in [-0.05, 0) is 30.2 Å². The van der Waals surface area contributed by atoms with Crippen molar-refractivity contribution < 1.29 is 13.2 Å². The van der Waals surface area contributed by atoms with E-state index in [1.807, 2.05) is 37.3 Å². The van der Waals surface area contributed by atoms with E-state index in [9.17, 15) is 13.2 Å². The van der Waals surface area contributed by atoms with Gasteiger partial charge in [-0.1, -0.05) is 48.0 Å². The third-order valence-corrected chi connectivity index (χ3v) is 5.66. The minimum Gasteiger partial charge on any atom is -0.341 e. The van der Waals surface area contributed by atoms with E-state index in [1.165, 1.54) is 4.31 Å². The van der Waals surface area contributed by atoms with Crippen LogP contribution in [0, 0.1) is 6.92 Å². The number of amides is 1. The van der Waals surface area contributed by atoms with Crippen molar-refractivity contribution in [2.75, 3.05) is 24.2 Å². The van der Waals surface area contributed by atoms with Crippen molar-refractivity contribution in [3.8, 4) is 0 Å².